The summed E-state index contributed by atoms with van der Waals surface area (Å²) in [5.74, 6) is -0.504. The lowest BCUT2D eigenvalue weighted by molar-refractivity contribution is -0.132. The number of ether oxygens (including phenoxy) is 1. The van der Waals surface area contributed by atoms with E-state index in [0.29, 0.717) is 0 Å². The second kappa shape index (κ2) is 2.63. The highest BCUT2D eigenvalue weighted by Gasteiger charge is 2.26. The molecule has 1 heterocycles. The largest absolute Gasteiger partial charge is 0.463 e. The average Bonchev–Trinajstić information content (AvgIpc) is 2.12. The van der Waals surface area contributed by atoms with Crippen LogP contribution in [0, 0.1) is 0 Å². The third-order valence-corrected chi connectivity index (χ3v) is 1.45. The van der Waals surface area contributed by atoms with E-state index < -0.39 is 22.2 Å². The first-order chi connectivity index (χ1) is 4.99. The van der Waals surface area contributed by atoms with Crippen LogP contribution in [0.5, 0.6) is 0 Å². The second-order valence-corrected chi connectivity index (χ2v) is 3.57. The molecule has 62 valence electrons. The molecule has 5 nitrogen and oxygen atoms in total. The van der Waals surface area contributed by atoms with Gasteiger partial charge in [0, 0.05) is 6.08 Å². The van der Waals surface area contributed by atoms with E-state index in [-0.39, 0.29) is 0 Å². The van der Waals surface area contributed by atoms with Crippen molar-refractivity contribution < 1.29 is 22.1 Å². The molecule has 0 N–H and O–H groups in total. The molecule has 1 unspecified atom stereocenters. The van der Waals surface area contributed by atoms with E-state index in [4.69, 9.17) is 0 Å². The van der Waals surface area contributed by atoms with E-state index in [9.17, 15) is 13.2 Å². The van der Waals surface area contributed by atoms with Crippen LogP contribution < -0.4 is 0 Å². The maximum Gasteiger partial charge on any atom is 0.278 e. The molecule has 0 fully saturated rings. The van der Waals surface area contributed by atoms with Crippen molar-refractivity contribution in [2.75, 3.05) is 6.26 Å². The van der Waals surface area contributed by atoms with Gasteiger partial charge >= 0.3 is 0 Å². The molecule has 0 aliphatic carbocycles. The van der Waals surface area contributed by atoms with E-state index in [2.05, 4.69) is 8.92 Å². The monoisotopic (exact) mass is 178 g/mol. The van der Waals surface area contributed by atoms with Crippen molar-refractivity contribution in [1.82, 2.24) is 0 Å². The molecule has 0 saturated heterocycles. The minimum atomic E-state index is -3.63. The Labute approximate surface area is 63.7 Å². The average molecular weight is 178 g/mol. The molecule has 0 bridgehead atoms. The van der Waals surface area contributed by atoms with Gasteiger partial charge in [-0.25, -0.2) is 4.18 Å². The van der Waals surface area contributed by atoms with Crippen molar-refractivity contribution in [2.45, 2.75) is 6.29 Å². The number of hydrogen-bond donors (Lipinski definition) is 0. The summed E-state index contributed by atoms with van der Waals surface area (Å²) >= 11 is 0. The first-order valence-corrected chi connectivity index (χ1v) is 4.55. The van der Waals surface area contributed by atoms with Gasteiger partial charge in [0.05, 0.1) is 12.5 Å². The van der Waals surface area contributed by atoms with Crippen LogP contribution in [0.4, 0.5) is 0 Å². The molecular weight excluding hydrogens is 172 g/mol. The molecule has 1 atom stereocenters. The molecule has 0 spiro atoms. The fourth-order valence-electron chi connectivity index (χ4n) is 0.552. The topological polar surface area (TPSA) is 69.7 Å². The van der Waals surface area contributed by atoms with E-state index in [0.717, 1.165) is 18.6 Å². The van der Waals surface area contributed by atoms with Crippen LogP contribution >= 0.6 is 0 Å². The Hall–Kier alpha value is -0.880. The van der Waals surface area contributed by atoms with Crippen LogP contribution in [0.25, 0.3) is 0 Å². The number of hydrogen-bond acceptors (Lipinski definition) is 5. The smallest absolute Gasteiger partial charge is 0.278 e. The lowest BCUT2D eigenvalue weighted by Gasteiger charge is -2.06. The standard InChI is InChI=1S/C5H6O5S/c1-11(7,8)10-5-4(6)2-3-9-5/h2-3,5H,1H3. The minimum Gasteiger partial charge on any atom is -0.463 e. The Morgan fingerprint density at radius 2 is 2.27 bits per heavy atom. The quantitative estimate of drug-likeness (QED) is 0.528. The van der Waals surface area contributed by atoms with Crippen LogP contribution in [0.3, 0.4) is 0 Å². The summed E-state index contributed by atoms with van der Waals surface area (Å²) in [6, 6.07) is 0. The summed E-state index contributed by atoms with van der Waals surface area (Å²) in [5.41, 5.74) is 0. The van der Waals surface area contributed by atoms with Crippen molar-refractivity contribution in [1.29, 1.82) is 0 Å². The van der Waals surface area contributed by atoms with E-state index >= 15 is 0 Å². The third-order valence-electron chi connectivity index (χ3n) is 0.929. The molecule has 0 aromatic heterocycles. The van der Waals surface area contributed by atoms with Crippen LogP contribution in [-0.4, -0.2) is 26.7 Å². The van der Waals surface area contributed by atoms with Crippen LogP contribution in [0.2, 0.25) is 0 Å². The fraction of sp³-hybridized carbons (Fsp3) is 0.400. The maximum atomic E-state index is 10.7. The summed E-state index contributed by atoms with van der Waals surface area (Å²) in [7, 11) is -3.63. The molecule has 11 heavy (non-hydrogen) atoms. The van der Waals surface area contributed by atoms with Gasteiger partial charge in [-0.1, -0.05) is 0 Å². The molecule has 0 aromatic rings. The zero-order valence-electron chi connectivity index (χ0n) is 5.68. The highest BCUT2D eigenvalue weighted by Crippen LogP contribution is 2.08. The van der Waals surface area contributed by atoms with Gasteiger partial charge in [0.15, 0.2) is 0 Å². The number of carbonyl (C=O) groups excluding carboxylic acids is 1. The lowest BCUT2D eigenvalue weighted by Crippen LogP contribution is -2.23. The van der Waals surface area contributed by atoms with Crippen molar-refractivity contribution in [2.24, 2.45) is 0 Å². The predicted octanol–water partition coefficient (Wildman–Crippen LogP) is -0.598. The molecule has 1 aliphatic rings. The van der Waals surface area contributed by atoms with Crippen LogP contribution in [0.1, 0.15) is 0 Å². The van der Waals surface area contributed by atoms with Crippen LogP contribution in [0.15, 0.2) is 12.3 Å². The van der Waals surface area contributed by atoms with Gasteiger partial charge in [-0.15, -0.1) is 0 Å². The fourth-order valence-corrected chi connectivity index (χ4v) is 1.01. The van der Waals surface area contributed by atoms with E-state index in [1.54, 1.807) is 0 Å². The lowest BCUT2D eigenvalue weighted by atomic mass is 10.4. The molecule has 1 aliphatic heterocycles. The normalized spacial score (nSPS) is 23.7. The van der Waals surface area contributed by atoms with Gasteiger partial charge in [-0.2, -0.15) is 8.42 Å². The van der Waals surface area contributed by atoms with Crippen molar-refractivity contribution >= 4 is 15.9 Å². The van der Waals surface area contributed by atoms with Crippen molar-refractivity contribution in [3.63, 3.8) is 0 Å². The predicted molar refractivity (Wildman–Crippen MR) is 34.9 cm³/mol. The van der Waals surface area contributed by atoms with Crippen molar-refractivity contribution in [3.8, 4) is 0 Å². The summed E-state index contributed by atoms with van der Waals surface area (Å²) < 4.78 is 29.7. The Balaban J connectivity index is 2.60. The molecular formula is C5H6O5S. The van der Waals surface area contributed by atoms with Gasteiger partial charge in [0.2, 0.25) is 5.78 Å². The molecule has 0 saturated carbocycles. The van der Waals surface area contributed by atoms with Gasteiger partial charge in [-0.3, -0.25) is 4.79 Å². The second-order valence-electron chi connectivity index (χ2n) is 1.97. The Bertz CT molecular complexity index is 288. The summed E-state index contributed by atoms with van der Waals surface area (Å²) in [4.78, 5) is 10.7. The summed E-state index contributed by atoms with van der Waals surface area (Å²) in [6.45, 7) is 0. The van der Waals surface area contributed by atoms with Gasteiger partial charge in [0.25, 0.3) is 16.4 Å². The van der Waals surface area contributed by atoms with E-state index in [1.165, 1.54) is 0 Å². The molecule has 6 heteroatoms. The molecule has 0 radical (unpaired) electrons. The Morgan fingerprint density at radius 1 is 1.64 bits per heavy atom. The maximum absolute atomic E-state index is 10.7. The summed E-state index contributed by atoms with van der Waals surface area (Å²) in [6.07, 6.45) is 1.74. The van der Waals surface area contributed by atoms with Crippen LogP contribution in [-0.2, 0) is 23.8 Å². The third kappa shape index (κ3) is 2.32. The Kier molecular flexibility index (Phi) is 1.97. The number of ketones is 1. The molecule has 1 rings (SSSR count). The SMILES string of the molecule is CS(=O)(=O)OC1OC=CC1=O. The minimum absolute atomic E-state index is 0.504. The molecule has 0 aromatic carbocycles. The zero-order chi connectivity index (χ0) is 8.48. The van der Waals surface area contributed by atoms with Crippen molar-refractivity contribution in [3.05, 3.63) is 12.3 Å². The van der Waals surface area contributed by atoms with Gasteiger partial charge < -0.3 is 4.74 Å². The summed E-state index contributed by atoms with van der Waals surface area (Å²) in [5, 5.41) is 0. The zero-order valence-corrected chi connectivity index (χ0v) is 6.50. The number of rotatable bonds is 2. The van der Waals surface area contributed by atoms with Gasteiger partial charge in [-0.05, 0) is 0 Å². The van der Waals surface area contributed by atoms with E-state index in [1.807, 2.05) is 0 Å². The Morgan fingerprint density at radius 3 is 2.64 bits per heavy atom. The number of carbonyl (C=O) groups is 1. The first-order valence-electron chi connectivity index (χ1n) is 2.73. The molecule has 0 amide bonds. The first kappa shape index (κ1) is 8.22. The van der Waals surface area contributed by atoms with Gasteiger partial charge in [0.1, 0.15) is 0 Å². The highest BCUT2D eigenvalue weighted by atomic mass is 32.2. The highest BCUT2D eigenvalue weighted by molar-refractivity contribution is 7.86.